The van der Waals surface area contributed by atoms with Crippen LogP contribution in [-0.2, 0) is 0 Å². The fraction of sp³-hybridized carbons (Fsp3) is 0.545. The summed E-state index contributed by atoms with van der Waals surface area (Å²) in [5, 5.41) is 9.13. The van der Waals surface area contributed by atoms with Crippen LogP contribution < -0.4 is 0 Å². The molecule has 0 heterocycles. The van der Waals surface area contributed by atoms with Crippen LogP contribution in [0, 0.1) is 12.3 Å². The van der Waals surface area contributed by atoms with Crippen LogP contribution >= 0.6 is 0 Å². The van der Waals surface area contributed by atoms with Crippen molar-refractivity contribution in [3.63, 3.8) is 0 Å². The quantitative estimate of drug-likeness (QED) is 0.488. The molecule has 0 unspecified atom stereocenters. The molecule has 66 valence electrons. The Morgan fingerprint density at radius 2 is 2.33 bits per heavy atom. The standard InChI is InChI=1S/C11H16O/c1-4-7-8-10(5-2)9-11(12)6-3/h3,11-12H,2,4,7-9H2,1H3/t11-/m1/s1. The van der Waals surface area contributed by atoms with Gasteiger partial charge >= 0.3 is 0 Å². The molecule has 1 atom stereocenters. The number of unbranched alkanes of at least 4 members (excludes halogenated alkanes) is 1. The zero-order valence-electron chi connectivity index (χ0n) is 7.64. The lowest BCUT2D eigenvalue weighted by molar-refractivity contribution is 0.232. The van der Waals surface area contributed by atoms with Gasteiger partial charge in [-0.15, -0.1) is 12.2 Å². The molecule has 0 aliphatic carbocycles. The first-order chi connectivity index (χ1) is 5.74. The van der Waals surface area contributed by atoms with Gasteiger partial charge in [0.25, 0.3) is 0 Å². The van der Waals surface area contributed by atoms with E-state index in [0.717, 1.165) is 24.8 Å². The number of terminal acetylenes is 1. The van der Waals surface area contributed by atoms with Crippen molar-refractivity contribution in [3.8, 4) is 12.3 Å². The zero-order valence-corrected chi connectivity index (χ0v) is 7.64. The zero-order chi connectivity index (χ0) is 9.40. The summed E-state index contributed by atoms with van der Waals surface area (Å²) in [6.07, 6.45) is 8.07. The molecule has 0 fully saturated rings. The molecule has 1 heteroatoms. The van der Waals surface area contributed by atoms with Crippen molar-refractivity contribution in [1.82, 2.24) is 0 Å². The summed E-state index contributed by atoms with van der Waals surface area (Å²) in [7, 11) is 0. The van der Waals surface area contributed by atoms with E-state index in [1.54, 1.807) is 0 Å². The molecule has 1 nitrogen and oxygen atoms in total. The Labute approximate surface area is 74.8 Å². The molecule has 0 aromatic heterocycles. The SMILES string of the molecule is C#C[C@@H](O)CC(=C=C)CCCC. The van der Waals surface area contributed by atoms with Crippen LogP contribution in [0.4, 0.5) is 0 Å². The Bertz CT molecular complexity index is 204. The summed E-state index contributed by atoms with van der Waals surface area (Å²) in [6.45, 7) is 5.68. The molecular weight excluding hydrogens is 148 g/mol. The van der Waals surface area contributed by atoms with Crippen molar-refractivity contribution in [2.75, 3.05) is 0 Å². The van der Waals surface area contributed by atoms with E-state index in [2.05, 4.69) is 25.2 Å². The van der Waals surface area contributed by atoms with E-state index in [9.17, 15) is 0 Å². The van der Waals surface area contributed by atoms with Gasteiger partial charge in [-0.2, -0.15) is 0 Å². The minimum Gasteiger partial charge on any atom is -0.380 e. The Morgan fingerprint density at radius 3 is 2.75 bits per heavy atom. The summed E-state index contributed by atoms with van der Waals surface area (Å²) in [5.74, 6) is 2.27. The second-order valence-corrected chi connectivity index (χ2v) is 2.77. The predicted molar refractivity (Wildman–Crippen MR) is 51.6 cm³/mol. The average Bonchev–Trinajstić information content (AvgIpc) is 2.11. The molecule has 1 N–H and O–H groups in total. The van der Waals surface area contributed by atoms with Gasteiger partial charge < -0.3 is 5.11 Å². The van der Waals surface area contributed by atoms with E-state index in [1.807, 2.05) is 0 Å². The van der Waals surface area contributed by atoms with Crippen LogP contribution in [0.15, 0.2) is 17.9 Å². The Morgan fingerprint density at radius 1 is 1.67 bits per heavy atom. The summed E-state index contributed by atoms with van der Waals surface area (Å²) in [5.41, 5.74) is 3.84. The third-order valence-electron chi connectivity index (χ3n) is 1.71. The molecule has 0 aromatic rings. The summed E-state index contributed by atoms with van der Waals surface area (Å²) < 4.78 is 0. The number of hydrogen-bond donors (Lipinski definition) is 1. The third-order valence-corrected chi connectivity index (χ3v) is 1.71. The molecule has 0 saturated carbocycles. The molecule has 0 rings (SSSR count). The van der Waals surface area contributed by atoms with E-state index >= 15 is 0 Å². The highest BCUT2D eigenvalue weighted by molar-refractivity contribution is 5.07. The van der Waals surface area contributed by atoms with E-state index in [4.69, 9.17) is 11.5 Å². The average molecular weight is 164 g/mol. The number of aliphatic hydroxyl groups excluding tert-OH is 1. The topological polar surface area (TPSA) is 20.2 Å². The van der Waals surface area contributed by atoms with Gasteiger partial charge in [-0.3, -0.25) is 0 Å². The highest BCUT2D eigenvalue weighted by Gasteiger charge is 2.02. The molecule has 0 bridgehead atoms. The van der Waals surface area contributed by atoms with Gasteiger partial charge in [0.05, 0.1) is 0 Å². The van der Waals surface area contributed by atoms with Crippen LogP contribution in [-0.4, -0.2) is 11.2 Å². The maximum Gasteiger partial charge on any atom is 0.118 e. The van der Waals surface area contributed by atoms with Crippen molar-refractivity contribution in [2.24, 2.45) is 0 Å². The molecule has 0 spiro atoms. The Balaban J connectivity index is 3.87. The molecule has 12 heavy (non-hydrogen) atoms. The first-order valence-electron chi connectivity index (χ1n) is 4.26. The number of rotatable bonds is 5. The van der Waals surface area contributed by atoms with Crippen LogP contribution in [0.5, 0.6) is 0 Å². The molecule has 0 aliphatic heterocycles. The Kier molecular flexibility index (Phi) is 6.19. The minimum atomic E-state index is -0.675. The third kappa shape index (κ3) is 4.79. The lowest BCUT2D eigenvalue weighted by Gasteiger charge is -2.05. The number of hydrogen-bond acceptors (Lipinski definition) is 1. The highest BCUT2D eigenvalue weighted by atomic mass is 16.3. The maximum atomic E-state index is 9.13. The van der Waals surface area contributed by atoms with Crippen LogP contribution in [0.1, 0.15) is 32.6 Å². The second-order valence-electron chi connectivity index (χ2n) is 2.77. The van der Waals surface area contributed by atoms with Gasteiger partial charge in [0, 0.05) is 6.42 Å². The van der Waals surface area contributed by atoms with Crippen LogP contribution in [0.2, 0.25) is 0 Å². The van der Waals surface area contributed by atoms with Crippen molar-refractivity contribution in [1.29, 1.82) is 0 Å². The Hall–Kier alpha value is -0.960. The van der Waals surface area contributed by atoms with E-state index in [0.29, 0.717) is 6.42 Å². The lowest BCUT2D eigenvalue weighted by Crippen LogP contribution is -2.03. The van der Waals surface area contributed by atoms with Gasteiger partial charge in [-0.1, -0.05) is 25.8 Å². The van der Waals surface area contributed by atoms with E-state index in [1.165, 1.54) is 0 Å². The number of aliphatic hydroxyl groups is 1. The van der Waals surface area contributed by atoms with Crippen molar-refractivity contribution < 1.29 is 5.11 Å². The van der Waals surface area contributed by atoms with Crippen molar-refractivity contribution in [3.05, 3.63) is 17.9 Å². The molecule has 0 radical (unpaired) electrons. The maximum absolute atomic E-state index is 9.13. The minimum absolute atomic E-state index is 0.514. The van der Waals surface area contributed by atoms with Gasteiger partial charge in [-0.25, -0.2) is 0 Å². The van der Waals surface area contributed by atoms with Gasteiger partial charge in [-0.05, 0) is 18.4 Å². The fourth-order valence-electron chi connectivity index (χ4n) is 0.945. The van der Waals surface area contributed by atoms with Gasteiger partial charge in [0.1, 0.15) is 6.10 Å². The molecule has 0 amide bonds. The highest BCUT2D eigenvalue weighted by Crippen LogP contribution is 2.11. The smallest absolute Gasteiger partial charge is 0.118 e. The first kappa shape index (κ1) is 11.0. The fourth-order valence-corrected chi connectivity index (χ4v) is 0.945. The molecular formula is C11H16O. The molecule has 0 aromatic carbocycles. The first-order valence-corrected chi connectivity index (χ1v) is 4.26. The second kappa shape index (κ2) is 6.73. The van der Waals surface area contributed by atoms with Crippen LogP contribution in [0.3, 0.4) is 0 Å². The largest absolute Gasteiger partial charge is 0.380 e. The normalized spacial score (nSPS) is 11.4. The summed E-state index contributed by atoms with van der Waals surface area (Å²) >= 11 is 0. The monoisotopic (exact) mass is 164 g/mol. The van der Waals surface area contributed by atoms with E-state index in [-0.39, 0.29) is 0 Å². The lowest BCUT2D eigenvalue weighted by atomic mass is 10.0. The molecule has 0 saturated heterocycles. The van der Waals surface area contributed by atoms with Crippen molar-refractivity contribution in [2.45, 2.75) is 38.7 Å². The van der Waals surface area contributed by atoms with Crippen LogP contribution in [0.25, 0.3) is 0 Å². The van der Waals surface area contributed by atoms with Gasteiger partial charge in [0.2, 0.25) is 0 Å². The predicted octanol–water partition coefficient (Wildman–Crippen LogP) is 2.27. The molecule has 0 aliphatic rings. The van der Waals surface area contributed by atoms with Crippen molar-refractivity contribution >= 4 is 0 Å². The summed E-state index contributed by atoms with van der Waals surface area (Å²) in [4.78, 5) is 0. The summed E-state index contributed by atoms with van der Waals surface area (Å²) in [6, 6.07) is 0. The van der Waals surface area contributed by atoms with Gasteiger partial charge in [0.15, 0.2) is 0 Å². The van der Waals surface area contributed by atoms with E-state index < -0.39 is 6.10 Å².